The molecule has 0 saturated heterocycles. The van der Waals surface area contributed by atoms with Crippen LogP contribution in [0.1, 0.15) is 139 Å². The van der Waals surface area contributed by atoms with E-state index in [1.807, 2.05) is 39.8 Å². The predicted octanol–water partition coefficient (Wildman–Crippen LogP) is 12.1. The summed E-state index contributed by atoms with van der Waals surface area (Å²) in [6.45, 7) is 21.8. The van der Waals surface area contributed by atoms with E-state index >= 15 is 0 Å². The Morgan fingerprint density at radius 1 is 1.00 bits per heavy atom. The van der Waals surface area contributed by atoms with Crippen molar-refractivity contribution in [2.45, 2.75) is 138 Å². The molecule has 4 saturated carbocycles. The Morgan fingerprint density at radius 2 is 1.64 bits per heavy atom. The second kappa shape index (κ2) is 17.4. The first-order valence-electron chi connectivity index (χ1n) is 17.6. The third-order valence-electron chi connectivity index (χ3n) is 12.3. The van der Waals surface area contributed by atoms with Gasteiger partial charge in [0.05, 0.1) is 0 Å². The summed E-state index contributed by atoms with van der Waals surface area (Å²) in [4.78, 5) is 0. The van der Waals surface area contributed by atoms with Crippen molar-refractivity contribution in [2.24, 2.45) is 46.3 Å². The quantitative estimate of drug-likeness (QED) is 0.217. The van der Waals surface area contributed by atoms with E-state index in [-0.39, 0.29) is 45.0 Å². The van der Waals surface area contributed by atoms with Crippen molar-refractivity contribution in [1.82, 2.24) is 5.32 Å². The largest absolute Gasteiger partial charge is 0.382 e. The summed E-state index contributed by atoms with van der Waals surface area (Å²) in [5.41, 5.74) is 3.28. The van der Waals surface area contributed by atoms with Crippen LogP contribution in [0.15, 0.2) is 43.0 Å². The summed E-state index contributed by atoms with van der Waals surface area (Å²) in [7, 11) is 0. The summed E-state index contributed by atoms with van der Waals surface area (Å²) in [5.74, 6) is 5.16. The van der Waals surface area contributed by atoms with Crippen molar-refractivity contribution in [1.29, 1.82) is 0 Å². The third kappa shape index (κ3) is 7.73. The van der Waals surface area contributed by atoms with Gasteiger partial charge in [-0.1, -0.05) is 78.7 Å². The van der Waals surface area contributed by atoms with Crippen molar-refractivity contribution in [3.8, 4) is 0 Å². The summed E-state index contributed by atoms with van der Waals surface area (Å²) in [6, 6.07) is 7.40. The second-order valence-electron chi connectivity index (χ2n) is 13.7. The van der Waals surface area contributed by atoms with Crippen LogP contribution in [-0.2, 0) is 0 Å². The van der Waals surface area contributed by atoms with Crippen LogP contribution in [0.4, 0.5) is 4.39 Å². The van der Waals surface area contributed by atoms with E-state index in [2.05, 4.69) is 51.7 Å². The van der Waals surface area contributed by atoms with Crippen molar-refractivity contribution in [3.63, 3.8) is 0 Å². The Kier molecular flexibility index (Phi) is 15.7. The minimum atomic E-state index is -0.166. The number of allylic oxidation sites excluding steroid dienone is 2. The Hall–Kier alpha value is -0.310. The fourth-order valence-corrected chi connectivity index (χ4v) is 10.6. The van der Waals surface area contributed by atoms with Gasteiger partial charge in [-0.15, -0.1) is 6.58 Å². The van der Waals surface area contributed by atoms with Gasteiger partial charge in [0.15, 0.2) is 0 Å². The molecule has 245 valence electrons. The maximum absolute atomic E-state index is 13.5. The molecule has 1 radical (unpaired) electrons. The Balaban J connectivity index is 0.00000148. The zero-order valence-corrected chi connectivity index (χ0v) is 30.3. The average molecular weight is 733 g/mol. The van der Waals surface area contributed by atoms with E-state index < -0.39 is 0 Å². The van der Waals surface area contributed by atoms with E-state index in [0.717, 1.165) is 40.9 Å². The maximum Gasteiger partial charge on any atom is 0.123 e. The Bertz CT molecular complexity index is 978. The zero-order chi connectivity index (χ0) is 30.2. The molecule has 9 atom stereocenters. The first-order valence-corrected chi connectivity index (χ1v) is 17.6. The van der Waals surface area contributed by atoms with Crippen LogP contribution < -0.4 is 5.32 Å². The van der Waals surface area contributed by atoms with Crippen LogP contribution in [0.2, 0.25) is 0 Å². The fraction of sp³-hybridized carbons (Fsp3) is 0.744. The van der Waals surface area contributed by atoms with Gasteiger partial charge in [0.1, 0.15) is 5.82 Å². The molecule has 4 fully saturated rings. The Labute approximate surface area is 291 Å². The molecule has 3 heteroatoms. The van der Waals surface area contributed by atoms with Crippen molar-refractivity contribution in [2.75, 3.05) is 0 Å². The van der Waals surface area contributed by atoms with Gasteiger partial charge in [-0.3, -0.25) is 0 Å². The minimum Gasteiger partial charge on any atom is -0.382 e. The molecular formula is C39H66FHoN. The number of nitrogens with one attached hydrogen (secondary N) is 1. The van der Waals surface area contributed by atoms with E-state index in [0.29, 0.717) is 22.8 Å². The van der Waals surface area contributed by atoms with E-state index in [4.69, 9.17) is 0 Å². The van der Waals surface area contributed by atoms with E-state index in [1.165, 1.54) is 77.0 Å². The van der Waals surface area contributed by atoms with E-state index in [1.54, 1.807) is 12.1 Å². The fourth-order valence-electron chi connectivity index (χ4n) is 10.6. The second-order valence-corrected chi connectivity index (χ2v) is 13.7. The van der Waals surface area contributed by atoms with Crippen molar-refractivity contribution >= 4 is 5.70 Å². The van der Waals surface area contributed by atoms with Gasteiger partial charge in [-0.05, 0) is 142 Å². The number of hydrogen-bond donors (Lipinski definition) is 1. The molecule has 0 amide bonds. The molecular weight excluding hydrogens is 666 g/mol. The molecule has 2 unspecified atom stereocenters. The van der Waals surface area contributed by atoms with Gasteiger partial charge >= 0.3 is 0 Å². The van der Waals surface area contributed by atoms with Crippen LogP contribution in [0.5, 0.6) is 0 Å². The van der Waals surface area contributed by atoms with Gasteiger partial charge in [0.2, 0.25) is 0 Å². The topological polar surface area (TPSA) is 12.0 Å². The first-order chi connectivity index (χ1) is 19.8. The van der Waals surface area contributed by atoms with Crippen molar-refractivity contribution < 1.29 is 43.6 Å². The zero-order valence-electron chi connectivity index (χ0n) is 28.4. The van der Waals surface area contributed by atoms with Crippen molar-refractivity contribution in [3.05, 3.63) is 54.4 Å². The SMILES string of the molecule is C=CC[C@H]1CC[C@@H]2C3CC[C@@]4(C)C(CCC[C@@H]4[C@@H](C)N/C(=C/C)c4ccc(F)cc4)[C@@H]3CC[C@]2(CC)C1.CC.CC.[HH].[Ho]. The molecule has 0 aliphatic heterocycles. The Morgan fingerprint density at radius 3 is 2.26 bits per heavy atom. The third-order valence-corrected chi connectivity index (χ3v) is 12.3. The van der Waals surface area contributed by atoms with Gasteiger partial charge in [-0.25, -0.2) is 4.39 Å². The van der Waals surface area contributed by atoms with Gasteiger partial charge in [0, 0.05) is 50.9 Å². The van der Waals surface area contributed by atoms with E-state index in [9.17, 15) is 4.39 Å². The molecule has 1 N–H and O–H groups in total. The molecule has 42 heavy (non-hydrogen) atoms. The number of halogens is 1. The number of rotatable bonds is 7. The summed E-state index contributed by atoms with van der Waals surface area (Å²) in [5, 5.41) is 3.91. The van der Waals surface area contributed by atoms with Gasteiger partial charge in [0.25, 0.3) is 0 Å². The van der Waals surface area contributed by atoms with Crippen LogP contribution in [0.3, 0.4) is 0 Å². The monoisotopic (exact) mass is 732 g/mol. The molecule has 0 aromatic heterocycles. The molecule has 5 rings (SSSR count). The average Bonchev–Trinajstić information content (AvgIpc) is 3.01. The molecule has 1 aromatic carbocycles. The molecule has 0 bridgehead atoms. The number of fused-ring (bicyclic) bond motifs is 5. The number of hydrogen-bond acceptors (Lipinski definition) is 1. The van der Waals surface area contributed by atoms with Crippen LogP contribution >= 0.6 is 0 Å². The first kappa shape index (κ1) is 37.9. The molecule has 4 aliphatic carbocycles. The van der Waals surface area contributed by atoms with Crippen LogP contribution in [0, 0.1) is 89.9 Å². The van der Waals surface area contributed by atoms with Crippen LogP contribution in [0.25, 0.3) is 5.70 Å². The van der Waals surface area contributed by atoms with Crippen LogP contribution in [-0.4, -0.2) is 6.04 Å². The predicted molar refractivity (Wildman–Crippen MR) is 180 cm³/mol. The summed E-state index contributed by atoms with van der Waals surface area (Å²) < 4.78 is 13.5. The number of benzene rings is 1. The normalized spacial score (nSPS) is 36.1. The van der Waals surface area contributed by atoms with Gasteiger partial charge < -0.3 is 5.32 Å². The molecule has 4 aliphatic rings. The molecule has 1 nitrogen and oxygen atoms in total. The smallest absolute Gasteiger partial charge is 0.123 e. The standard InChI is InChI=1S/C35H52FN.2C2H6.Ho.H2/c1-6-10-25-13-18-32-29-19-21-34(5)30(24(4)37-33(7-2)26-14-16-27(36)17-15-26)11-9-12-31(34)28(29)20-22-35(32,8-3)23-25;2*1-2;;/h6-7,14-17,24-25,28-32,37H,1,8-13,18-23H2,2-5H3;2*1-2H3;;1H/b33-7+;;;;/t24-,25+,28-,29?,30-,31?,32-,34-,35-;;;;/m1..../s1. The molecule has 1 aromatic rings. The summed E-state index contributed by atoms with van der Waals surface area (Å²) in [6.07, 6.45) is 21.3. The molecule has 0 heterocycles. The molecule has 0 spiro atoms. The minimum absolute atomic E-state index is 0. The van der Waals surface area contributed by atoms with Gasteiger partial charge in [-0.2, -0.15) is 0 Å². The maximum atomic E-state index is 13.5. The summed E-state index contributed by atoms with van der Waals surface area (Å²) >= 11 is 0.